The van der Waals surface area contributed by atoms with Crippen molar-refractivity contribution in [2.45, 2.75) is 19.9 Å². The van der Waals surface area contributed by atoms with Crippen LogP contribution in [-0.4, -0.2) is 53.4 Å². The summed E-state index contributed by atoms with van der Waals surface area (Å²) in [5.74, 6) is 1.04. The van der Waals surface area contributed by atoms with Gasteiger partial charge in [-0.15, -0.1) is 0 Å². The smallest absolute Gasteiger partial charge is 0.275 e. The van der Waals surface area contributed by atoms with E-state index in [1.807, 2.05) is 19.1 Å². The van der Waals surface area contributed by atoms with E-state index in [9.17, 15) is 9.59 Å². The minimum absolute atomic E-state index is 0.165. The summed E-state index contributed by atoms with van der Waals surface area (Å²) in [6.45, 7) is 6.62. The summed E-state index contributed by atoms with van der Waals surface area (Å²) < 4.78 is 12.8. The van der Waals surface area contributed by atoms with Crippen molar-refractivity contribution in [1.29, 1.82) is 0 Å². The SMILES string of the molecule is Cc1ccc(C(CNC(=O)c2nn(-c3ccc(Cl)cc3)c(C)cc2=O)N2CCOCC2)o1. The van der Waals surface area contributed by atoms with Gasteiger partial charge in [0.15, 0.2) is 5.69 Å². The number of ether oxygens (including phenoxy) is 1. The number of nitrogens with one attached hydrogen (secondary N) is 1. The van der Waals surface area contributed by atoms with Gasteiger partial charge in [0.25, 0.3) is 5.91 Å². The average molecular weight is 457 g/mol. The molecule has 1 aromatic carbocycles. The summed E-state index contributed by atoms with van der Waals surface area (Å²) in [7, 11) is 0. The van der Waals surface area contributed by atoms with Crippen LogP contribution in [0.2, 0.25) is 5.02 Å². The van der Waals surface area contributed by atoms with Gasteiger partial charge in [-0.25, -0.2) is 4.68 Å². The van der Waals surface area contributed by atoms with E-state index in [4.69, 9.17) is 20.8 Å². The lowest BCUT2D eigenvalue weighted by molar-refractivity contribution is 0.0116. The fourth-order valence-corrected chi connectivity index (χ4v) is 3.88. The van der Waals surface area contributed by atoms with E-state index < -0.39 is 11.3 Å². The summed E-state index contributed by atoms with van der Waals surface area (Å²) in [4.78, 5) is 27.7. The van der Waals surface area contributed by atoms with Crippen molar-refractivity contribution >= 4 is 17.5 Å². The molecule has 1 aliphatic heterocycles. The second-order valence-electron chi connectivity index (χ2n) is 7.71. The molecule has 0 aliphatic carbocycles. The molecule has 1 aliphatic rings. The zero-order valence-corrected chi connectivity index (χ0v) is 18.8. The normalized spacial score (nSPS) is 15.5. The standard InChI is InChI=1S/C23H25ClN4O4/c1-15-13-20(29)22(26-28(15)18-6-4-17(24)5-7-18)23(30)25-14-19(21-8-3-16(2)32-21)27-9-11-31-12-10-27/h3-8,13,19H,9-12,14H2,1-2H3,(H,25,30). The Labute approximate surface area is 190 Å². The summed E-state index contributed by atoms with van der Waals surface area (Å²) in [6.07, 6.45) is 0. The van der Waals surface area contributed by atoms with Gasteiger partial charge in [0.1, 0.15) is 11.5 Å². The van der Waals surface area contributed by atoms with Crippen LogP contribution in [0.4, 0.5) is 0 Å². The minimum Gasteiger partial charge on any atom is -0.465 e. The maximum absolute atomic E-state index is 13.0. The van der Waals surface area contributed by atoms with Crippen molar-refractivity contribution in [1.82, 2.24) is 20.0 Å². The molecule has 1 fully saturated rings. The Bertz CT molecular complexity index is 1150. The van der Waals surface area contributed by atoms with Gasteiger partial charge in [-0.3, -0.25) is 14.5 Å². The Kier molecular flexibility index (Phi) is 6.74. The van der Waals surface area contributed by atoms with E-state index >= 15 is 0 Å². The number of furan rings is 1. The fourth-order valence-electron chi connectivity index (χ4n) is 3.75. The van der Waals surface area contributed by atoms with Gasteiger partial charge in [0, 0.05) is 36.4 Å². The first-order valence-electron chi connectivity index (χ1n) is 10.5. The lowest BCUT2D eigenvalue weighted by atomic mass is 10.1. The predicted octanol–water partition coefficient (Wildman–Crippen LogP) is 2.90. The molecule has 1 atom stereocenters. The second-order valence-corrected chi connectivity index (χ2v) is 8.15. The highest BCUT2D eigenvalue weighted by atomic mass is 35.5. The van der Waals surface area contributed by atoms with E-state index in [0.29, 0.717) is 29.6 Å². The first-order chi connectivity index (χ1) is 15.4. The molecule has 0 radical (unpaired) electrons. The van der Waals surface area contributed by atoms with Crippen LogP contribution in [0.5, 0.6) is 0 Å². The molecule has 0 bridgehead atoms. The second kappa shape index (κ2) is 9.68. The summed E-state index contributed by atoms with van der Waals surface area (Å²) in [5.41, 5.74) is 0.730. The van der Waals surface area contributed by atoms with E-state index in [2.05, 4.69) is 15.3 Å². The fraction of sp³-hybridized carbons (Fsp3) is 0.348. The Balaban J connectivity index is 1.56. The monoisotopic (exact) mass is 456 g/mol. The third kappa shape index (κ3) is 4.93. The van der Waals surface area contributed by atoms with E-state index in [1.165, 1.54) is 6.07 Å². The molecule has 168 valence electrons. The molecule has 1 N–H and O–H groups in total. The lowest BCUT2D eigenvalue weighted by Gasteiger charge is -2.33. The van der Waals surface area contributed by atoms with Crippen molar-refractivity contribution in [3.63, 3.8) is 0 Å². The number of hydrogen-bond donors (Lipinski definition) is 1. The van der Waals surface area contributed by atoms with Crippen molar-refractivity contribution in [3.8, 4) is 5.69 Å². The largest absolute Gasteiger partial charge is 0.465 e. The predicted molar refractivity (Wildman–Crippen MR) is 120 cm³/mol. The van der Waals surface area contributed by atoms with Crippen LogP contribution in [0, 0.1) is 13.8 Å². The molecule has 3 aromatic rings. The van der Waals surface area contributed by atoms with Gasteiger partial charge in [0.2, 0.25) is 5.43 Å². The van der Waals surface area contributed by atoms with E-state index in [0.717, 1.165) is 24.6 Å². The topological polar surface area (TPSA) is 89.6 Å². The van der Waals surface area contributed by atoms with Gasteiger partial charge in [-0.2, -0.15) is 5.10 Å². The van der Waals surface area contributed by atoms with Gasteiger partial charge in [-0.05, 0) is 50.2 Å². The molecular formula is C23H25ClN4O4. The molecule has 1 unspecified atom stereocenters. The summed E-state index contributed by atoms with van der Waals surface area (Å²) >= 11 is 5.97. The molecule has 0 saturated carbocycles. The summed E-state index contributed by atoms with van der Waals surface area (Å²) in [6, 6.07) is 12.1. The van der Waals surface area contributed by atoms with Crippen LogP contribution in [0.25, 0.3) is 5.69 Å². The molecule has 4 rings (SSSR count). The lowest BCUT2D eigenvalue weighted by Crippen LogP contribution is -2.44. The van der Waals surface area contributed by atoms with Crippen molar-refractivity contribution in [2.75, 3.05) is 32.8 Å². The van der Waals surface area contributed by atoms with Gasteiger partial charge < -0.3 is 14.5 Å². The minimum atomic E-state index is -0.528. The number of benzene rings is 1. The molecule has 9 heteroatoms. The highest BCUT2D eigenvalue weighted by molar-refractivity contribution is 6.30. The number of aromatic nitrogens is 2. The van der Waals surface area contributed by atoms with Crippen LogP contribution < -0.4 is 10.7 Å². The van der Waals surface area contributed by atoms with Crippen molar-refractivity contribution in [2.24, 2.45) is 0 Å². The van der Waals surface area contributed by atoms with Crippen molar-refractivity contribution < 1.29 is 13.9 Å². The number of nitrogens with zero attached hydrogens (tertiary/aromatic N) is 3. The Morgan fingerprint density at radius 3 is 2.53 bits per heavy atom. The zero-order valence-electron chi connectivity index (χ0n) is 18.0. The number of amides is 1. The highest BCUT2D eigenvalue weighted by Crippen LogP contribution is 2.23. The number of aryl methyl sites for hydroxylation is 2. The van der Waals surface area contributed by atoms with Crippen LogP contribution >= 0.6 is 11.6 Å². The Morgan fingerprint density at radius 2 is 1.88 bits per heavy atom. The quantitative estimate of drug-likeness (QED) is 0.613. The zero-order chi connectivity index (χ0) is 22.7. The third-order valence-electron chi connectivity index (χ3n) is 5.43. The molecule has 1 amide bonds. The van der Waals surface area contributed by atoms with Gasteiger partial charge >= 0.3 is 0 Å². The van der Waals surface area contributed by atoms with Gasteiger partial charge in [-0.1, -0.05) is 11.6 Å². The maximum Gasteiger partial charge on any atom is 0.275 e. The highest BCUT2D eigenvalue weighted by Gasteiger charge is 2.26. The summed E-state index contributed by atoms with van der Waals surface area (Å²) in [5, 5.41) is 7.80. The first-order valence-corrected chi connectivity index (χ1v) is 10.8. The van der Waals surface area contributed by atoms with Crippen LogP contribution in [0.15, 0.2) is 51.7 Å². The number of halogens is 1. The first kappa shape index (κ1) is 22.3. The van der Waals surface area contributed by atoms with E-state index in [1.54, 1.807) is 35.9 Å². The molecule has 3 heterocycles. The Morgan fingerprint density at radius 1 is 1.16 bits per heavy atom. The van der Waals surface area contributed by atoms with Crippen molar-refractivity contribution in [3.05, 3.63) is 80.6 Å². The molecular weight excluding hydrogens is 432 g/mol. The number of morpholine rings is 1. The number of rotatable bonds is 6. The molecule has 8 nitrogen and oxygen atoms in total. The Hall–Kier alpha value is -2.94. The molecule has 1 saturated heterocycles. The van der Waals surface area contributed by atoms with Crippen LogP contribution in [0.1, 0.15) is 33.7 Å². The number of carbonyl (C=O) groups is 1. The maximum atomic E-state index is 13.0. The third-order valence-corrected chi connectivity index (χ3v) is 5.68. The number of hydrogen-bond acceptors (Lipinski definition) is 6. The van der Waals surface area contributed by atoms with E-state index in [-0.39, 0.29) is 18.3 Å². The molecule has 2 aromatic heterocycles. The van der Waals surface area contributed by atoms with Crippen LogP contribution in [-0.2, 0) is 4.74 Å². The molecule has 32 heavy (non-hydrogen) atoms. The molecule has 0 spiro atoms. The average Bonchev–Trinajstić information content (AvgIpc) is 3.21. The number of carbonyl (C=O) groups excluding carboxylic acids is 1. The van der Waals surface area contributed by atoms with Crippen LogP contribution in [0.3, 0.4) is 0 Å². The van der Waals surface area contributed by atoms with Gasteiger partial charge in [0.05, 0.1) is 24.9 Å².